The molecule has 4 nitrogen and oxygen atoms in total. The molecule has 0 radical (unpaired) electrons. The van der Waals surface area contributed by atoms with Crippen LogP contribution in [0.15, 0.2) is 66.4 Å². The van der Waals surface area contributed by atoms with E-state index in [9.17, 15) is 13.6 Å². The number of anilines is 1. The third-order valence-corrected chi connectivity index (χ3v) is 5.80. The number of rotatable bonds is 4. The van der Waals surface area contributed by atoms with Gasteiger partial charge in [0.25, 0.3) is 5.91 Å². The Morgan fingerprint density at radius 3 is 2.55 bits per heavy atom. The van der Waals surface area contributed by atoms with Gasteiger partial charge in [-0.25, -0.2) is 8.78 Å². The molecule has 6 heteroatoms. The van der Waals surface area contributed by atoms with Gasteiger partial charge in [0, 0.05) is 28.7 Å². The Balaban J connectivity index is 1.46. The Bertz CT molecular complexity index is 1220. The van der Waals surface area contributed by atoms with Crippen molar-refractivity contribution in [2.75, 3.05) is 5.32 Å². The Morgan fingerprint density at radius 2 is 1.77 bits per heavy atom. The van der Waals surface area contributed by atoms with Crippen LogP contribution in [0.5, 0.6) is 0 Å². The van der Waals surface area contributed by atoms with Crippen LogP contribution in [0.4, 0.5) is 14.5 Å². The van der Waals surface area contributed by atoms with Gasteiger partial charge in [-0.1, -0.05) is 18.2 Å². The third kappa shape index (κ3) is 3.53. The summed E-state index contributed by atoms with van der Waals surface area (Å²) in [7, 11) is 0. The van der Waals surface area contributed by atoms with Crippen molar-refractivity contribution in [2.45, 2.75) is 32.0 Å². The minimum atomic E-state index is -0.606. The highest BCUT2D eigenvalue weighted by molar-refractivity contribution is 6.11. The Morgan fingerprint density at radius 1 is 1.00 bits per heavy atom. The molecule has 3 aromatic rings. The minimum absolute atomic E-state index is 0.118. The van der Waals surface area contributed by atoms with Crippen LogP contribution in [0.25, 0.3) is 16.7 Å². The largest absolute Gasteiger partial charge is 0.365 e. The molecule has 2 bridgehead atoms. The molecule has 1 N–H and O–H groups in total. The number of aryl methyl sites for hydroxylation is 1. The summed E-state index contributed by atoms with van der Waals surface area (Å²) in [5.41, 5.74) is 3.87. The second-order valence-electron chi connectivity index (χ2n) is 7.83. The molecule has 1 unspecified atom stereocenters. The highest BCUT2D eigenvalue weighted by atomic mass is 19.1. The van der Waals surface area contributed by atoms with Crippen molar-refractivity contribution in [3.63, 3.8) is 0 Å². The summed E-state index contributed by atoms with van der Waals surface area (Å²) >= 11 is 0. The van der Waals surface area contributed by atoms with E-state index in [0.29, 0.717) is 11.3 Å². The molecule has 1 saturated heterocycles. The van der Waals surface area contributed by atoms with Gasteiger partial charge in [-0.2, -0.15) is 0 Å². The van der Waals surface area contributed by atoms with E-state index in [-0.39, 0.29) is 29.2 Å². The fourth-order valence-electron chi connectivity index (χ4n) is 4.42. The number of hydrogen-bond donors (Lipinski definition) is 1. The highest BCUT2D eigenvalue weighted by Gasteiger charge is 2.43. The first-order valence-corrected chi connectivity index (χ1v) is 10.2. The number of nitrogens with one attached hydrogen (secondary N) is 1. The van der Waals surface area contributed by atoms with E-state index in [4.69, 9.17) is 4.74 Å². The zero-order valence-electron chi connectivity index (χ0n) is 16.9. The van der Waals surface area contributed by atoms with Crippen LogP contribution in [0.3, 0.4) is 0 Å². The fraction of sp³-hybridized carbons (Fsp3) is 0.200. The first-order valence-electron chi connectivity index (χ1n) is 10.2. The fourth-order valence-corrected chi connectivity index (χ4v) is 4.42. The van der Waals surface area contributed by atoms with E-state index < -0.39 is 11.6 Å². The Labute approximate surface area is 178 Å². The molecule has 1 aromatic heterocycles. The molecule has 1 fully saturated rings. The molecule has 0 aliphatic carbocycles. The average molecular weight is 418 g/mol. The average Bonchev–Trinajstić information content (AvgIpc) is 3.36. The van der Waals surface area contributed by atoms with E-state index >= 15 is 0 Å². The maximum absolute atomic E-state index is 14.7. The number of ether oxygens (including phenoxy) is 1. The van der Waals surface area contributed by atoms with Crippen molar-refractivity contribution in [1.82, 2.24) is 4.98 Å². The van der Waals surface area contributed by atoms with Gasteiger partial charge in [-0.15, -0.1) is 0 Å². The van der Waals surface area contributed by atoms with Gasteiger partial charge in [0.15, 0.2) is 0 Å². The van der Waals surface area contributed by atoms with Crippen molar-refractivity contribution in [3.05, 3.63) is 89.3 Å². The van der Waals surface area contributed by atoms with Gasteiger partial charge < -0.3 is 10.1 Å². The first-order chi connectivity index (χ1) is 15.0. The number of aromatic nitrogens is 1. The van der Waals surface area contributed by atoms with Crippen molar-refractivity contribution in [1.29, 1.82) is 0 Å². The van der Waals surface area contributed by atoms with Crippen LogP contribution in [-0.4, -0.2) is 23.1 Å². The molecule has 3 heterocycles. The quantitative estimate of drug-likeness (QED) is 0.627. The maximum atomic E-state index is 14.7. The van der Waals surface area contributed by atoms with Crippen LogP contribution in [0.2, 0.25) is 0 Å². The third-order valence-electron chi connectivity index (χ3n) is 5.80. The SMILES string of the molecule is Cc1cc(C2=C(C(=O)Nc3ccc(-c4ccccc4F)c(F)c3)C3CC[C@@H]2O3)ccn1. The lowest BCUT2D eigenvalue weighted by atomic mass is 9.87. The number of carbonyl (C=O) groups excluding carboxylic acids is 1. The van der Waals surface area contributed by atoms with Crippen molar-refractivity contribution < 1.29 is 18.3 Å². The van der Waals surface area contributed by atoms with Gasteiger partial charge in [-0.05, 0) is 67.3 Å². The number of nitrogens with zero attached hydrogens (tertiary/aromatic N) is 1. The second kappa shape index (κ2) is 7.71. The number of benzene rings is 2. The first kappa shape index (κ1) is 19.6. The molecule has 2 atom stereocenters. The zero-order valence-corrected chi connectivity index (χ0v) is 16.9. The zero-order chi connectivity index (χ0) is 21.5. The standard InChI is InChI=1S/C25H20F2N2O2/c1-14-12-15(10-11-28-14)23-21-8-9-22(31-21)24(23)25(30)29-16-6-7-18(20(27)13-16)17-4-2-3-5-19(17)26/h2-7,10-13,21-22H,8-9H2,1H3,(H,29,30)/t21-,22?/m0/s1. The van der Waals surface area contributed by atoms with E-state index in [1.54, 1.807) is 24.4 Å². The van der Waals surface area contributed by atoms with Crippen molar-refractivity contribution in [3.8, 4) is 11.1 Å². The Hall–Kier alpha value is -3.38. The topological polar surface area (TPSA) is 51.2 Å². The van der Waals surface area contributed by atoms with E-state index in [1.807, 2.05) is 19.1 Å². The van der Waals surface area contributed by atoms with Gasteiger partial charge >= 0.3 is 0 Å². The summed E-state index contributed by atoms with van der Waals surface area (Å²) in [5, 5.41) is 2.79. The van der Waals surface area contributed by atoms with Crippen LogP contribution in [-0.2, 0) is 9.53 Å². The van der Waals surface area contributed by atoms with E-state index in [2.05, 4.69) is 10.3 Å². The molecule has 5 rings (SSSR count). The molecule has 156 valence electrons. The number of carbonyl (C=O) groups is 1. The van der Waals surface area contributed by atoms with Gasteiger partial charge in [-0.3, -0.25) is 9.78 Å². The number of amides is 1. The lowest BCUT2D eigenvalue weighted by Gasteiger charge is -2.17. The maximum Gasteiger partial charge on any atom is 0.254 e. The monoisotopic (exact) mass is 418 g/mol. The normalized spacial score (nSPS) is 19.7. The van der Waals surface area contributed by atoms with Crippen LogP contribution in [0, 0.1) is 18.6 Å². The molecule has 2 aliphatic heterocycles. The lowest BCUT2D eigenvalue weighted by molar-refractivity contribution is -0.113. The second-order valence-corrected chi connectivity index (χ2v) is 7.83. The highest BCUT2D eigenvalue weighted by Crippen LogP contribution is 2.44. The summed E-state index contributed by atoms with van der Waals surface area (Å²) in [4.78, 5) is 17.4. The minimum Gasteiger partial charge on any atom is -0.365 e. The number of hydrogen-bond acceptors (Lipinski definition) is 3. The summed E-state index contributed by atoms with van der Waals surface area (Å²) in [6, 6.07) is 14.1. The molecule has 2 aromatic carbocycles. The van der Waals surface area contributed by atoms with Crippen LogP contribution >= 0.6 is 0 Å². The predicted octanol–water partition coefficient (Wildman–Crippen LogP) is 5.29. The summed E-state index contributed by atoms with van der Waals surface area (Å²) in [5.74, 6) is -1.42. The number of fused-ring (bicyclic) bond motifs is 2. The molecule has 2 aliphatic rings. The van der Waals surface area contributed by atoms with E-state index in [0.717, 1.165) is 29.7 Å². The number of pyridine rings is 1. The summed E-state index contributed by atoms with van der Waals surface area (Å²) < 4.78 is 34.7. The van der Waals surface area contributed by atoms with Crippen molar-refractivity contribution in [2.24, 2.45) is 0 Å². The molecular formula is C25H20F2N2O2. The van der Waals surface area contributed by atoms with Crippen LogP contribution in [0.1, 0.15) is 24.1 Å². The van der Waals surface area contributed by atoms with Gasteiger partial charge in [0.1, 0.15) is 11.6 Å². The number of halogens is 2. The predicted molar refractivity (Wildman–Crippen MR) is 114 cm³/mol. The Kier molecular flexibility index (Phi) is 4.87. The molecule has 1 amide bonds. The summed E-state index contributed by atoms with van der Waals surface area (Å²) in [6.45, 7) is 1.90. The van der Waals surface area contributed by atoms with Gasteiger partial charge in [0.05, 0.1) is 17.8 Å². The van der Waals surface area contributed by atoms with Crippen molar-refractivity contribution >= 4 is 17.2 Å². The molecule has 31 heavy (non-hydrogen) atoms. The van der Waals surface area contributed by atoms with E-state index in [1.165, 1.54) is 24.3 Å². The molecule has 0 saturated carbocycles. The lowest BCUT2D eigenvalue weighted by Crippen LogP contribution is -2.23. The van der Waals surface area contributed by atoms with Gasteiger partial charge in [0.2, 0.25) is 0 Å². The summed E-state index contributed by atoms with van der Waals surface area (Å²) in [6.07, 6.45) is 2.98. The molecule has 0 spiro atoms. The molecular weight excluding hydrogens is 398 g/mol. The van der Waals surface area contributed by atoms with Crippen LogP contribution < -0.4 is 5.32 Å². The smallest absolute Gasteiger partial charge is 0.254 e.